The monoisotopic (exact) mass is 272 g/mol. The molecule has 1 aromatic rings. The molecule has 2 atom stereocenters. The quantitative estimate of drug-likeness (QED) is 0.893. The van der Waals surface area contributed by atoms with Crippen molar-refractivity contribution in [3.8, 4) is 0 Å². The third-order valence-corrected chi connectivity index (χ3v) is 4.73. The summed E-state index contributed by atoms with van der Waals surface area (Å²) in [7, 11) is 0. The van der Waals surface area contributed by atoms with E-state index in [2.05, 4.69) is 41.4 Å². The van der Waals surface area contributed by atoms with E-state index in [1.165, 1.54) is 11.1 Å². The molecule has 1 aliphatic heterocycles. The summed E-state index contributed by atoms with van der Waals surface area (Å²) in [6, 6.07) is 9.02. The fourth-order valence-electron chi connectivity index (χ4n) is 3.52. The zero-order valence-corrected chi connectivity index (χ0v) is 12.3. The van der Waals surface area contributed by atoms with Gasteiger partial charge in [-0.05, 0) is 43.2 Å². The Bertz CT molecular complexity index is 486. The van der Waals surface area contributed by atoms with Gasteiger partial charge in [0.15, 0.2) is 0 Å². The van der Waals surface area contributed by atoms with Gasteiger partial charge in [0.25, 0.3) is 0 Å². The van der Waals surface area contributed by atoms with Crippen LogP contribution in [0.5, 0.6) is 0 Å². The Morgan fingerprint density at radius 1 is 1.35 bits per heavy atom. The molecule has 20 heavy (non-hydrogen) atoms. The van der Waals surface area contributed by atoms with Crippen LogP contribution in [0.2, 0.25) is 0 Å². The van der Waals surface area contributed by atoms with E-state index in [-0.39, 0.29) is 0 Å². The van der Waals surface area contributed by atoms with Gasteiger partial charge in [-0.25, -0.2) is 0 Å². The molecule has 1 N–H and O–H groups in total. The Kier molecular flexibility index (Phi) is 4.06. The Balaban J connectivity index is 1.60. The van der Waals surface area contributed by atoms with Crippen LogP contribution in [-0.4, -0.2) is 36.5 Å². The lowest BCUT2D eigenvalue weighted by Gasteiger charge is -2.35. The molecule has 1 saturated heterocycles. The second-order valence-corrected chi connectivity index (χ2v) is 6.22. The standard InChI is InChI=1S/C17H24N2O/c1-13-12-18-8-9-19(13)17(20)11-14-6-7-15-4-2-3-5-16(15)10-14/h2-5,13-14,18H,6-12H2,1H3/t13-,14?/m0/s1. The molecule has 3 rings (SSSR count). The summed E-state index contributed by atoms with van der Waals surface area (Å²) in [6.07, 6.45) is 4.08. The summed E-state index contributed by atoms with van der Waals surface area (Å²) in [5, 5.41) is 3.34. The van der Waals surface area contributed by atoms with Crippen molar-refractivity contribution in [1.29, 1.82) is 0 Å². The van der Waals surface area contributed by atoms with Crippen LogP contribution in [0.3, 0.4) is 0 Å². The first-order chi connectivity index (χ1) is 9.74. The highest BCUT2D eigenvalue weighted by atomic mass is 16.2. The summed E-state index contributed by atoms with van der Waals surface area (Å²) >= 11 is 0. The molecule has 0 aromatic heterocycles. The van der Waals surface area contributed by atoms with Gasteiger partial charge in [0, 0.05) is 32.1 Å². The van der Waals surface area contributed by atoms with E-state index in [9.17, 15) is 4.79 Å². The average Bonchev–Trinajstić information content (AvgIpc) is 2.47. The van der Waals surface area contributed by atoms with Crippen molar-refractivity contribution in [3.63, 3.8) is 0 Å². The molecule has 1 aromatic carbocycles. The van der Waals surface area contributed by atoms with E-state index >= 15 is 0 Å². The number of carbonyl (C=O) groups is 1. The van der Waals surface area contributed by atoms with Crippen molar-refractivity contribution < 1.29 is 4.79 Å². The number of hydrogen-bond donors (Lipinski definition) is 1. The van der Waals surface area contributed by atoms with Gasteiger partial charge < -0.3 is 10.2 Å². The predicted molar refractivity (Wildman–Crippen MR) is 80.6 cm³/mol. The van der Waals surface area contributed by atoms with Gasteiger partial charge in [0.05, 0.1) is 0 Å². The smallest absolute Gasteiger partial charge is 0.223 e. The number of rotatable bonds is 2. The molecule has 108 valence electrons. The maximum Gasteiger partial charge on any atom is 0.223 e. The van der Waals surface area contributed by atoms with Gasteiger partial charge in [-0.3, -0.25) is 4.79 Å². The van der Waals surface area contributed by atoms with E-state index in [0.717, 1.165) is 45.3 Å². The molecule has 0 spiro atoms. The lowest BCUT2D eigenvalue weighted by Crippen LogP contribution is -2.52. The number of hydrogen-bond acceptors (Lipinski definition) is 2. The zero-order chi connectivity index (χ0) is 13.9. The minimum Gasteiger partial charge on any atom is -0.337 e. The van der Waals surface area contributed by atoms with Crippen LogP contribution in [-0.2, 0) is 17.6 Å². The van der Waals surface area contributed by atoms with Crippen LogP contribution < -0.4 is 5.32 Å². The van der Waals surface area contributed by atoms with Crippen LogP contribution in [0.15, 0.2) is 24.3 Å². The molecule has 1 fully saturated rings. The van der Waals surface area contributed by atoms with Crippen LogP contribution in [0.25, 0.3) is 0 Å². The molecule has 0 radical (unpaired) electrons. The van der Waals surface area contributed by atoms with E-state index < -0.39 is 0 Å². The number of amides is 1. The maximum absolute atomic E-state index is 12.5. The predicted octanol–water partition coefficient (Wildman–Crippen LogP) is 2.00. The lowest BCUT2D eigenvalue weighted by molar-refractivity contribution is -0.135. The van der Waals surface area contributed by atoms with Gasteiger partial charge >= 0.3 is 0 Å². The molecule has 1 aliphatic carbocycles. The maximum atomic E-state index is 12.5. The number of fused-ring (bicyclic) bond motifs is 1. The SMILES string of the molecule is C[C@H]1CNCCN1C(=O)CC1CCc2ccccc2C1. The number of nitrogens with zero attached hydrogens (tertiary/aromatic N) is 1. The van der Waals surface area contributed by atoms with Crippen molar-refractivity contribution in [2.45, 2.75) is 38.6 Å². The average molecular weight is 272 g/mol. The lowest BCUT2D eigenvalue weighted by atomic mass is 9.82. The van der Waals surface area contributed by atoms with Crippen molar-refractivity contribution in [3.05, 3.63) is 35.4 Å². The van der Waals surface area contributed by atoms with Crippen LogP contribution >= 0.6 is 0 Å². The van der Waals surface area contributed by atoms with Crippen molar-refractivity contribution in [2.75, 3.05) is 19.6 Å². The second-order valence-electron chi connectivity index (χ2n) is 6.22. The fourth-order valence-corrected chi connectivity index (χ4v) is 3.52. The normalized spacial score (nSPS) is 26.1. The van der Waals surface area contributed by atoms with E-state index in [1.54, 1.807) is 0 Å². The summed E-state index contributed by atoms with van der Waals surface area (Å²) in [6.45, 7) is 4.87. The number of piperazine rings is 1. The van der Waals surface area contributed by atoms with Crippen LogP contribution in [0.4, 0.5) is 0 Å². The highest BCUT2D eigenvalue weighted by Gasteiger charge is 2.27. The Morgan fingerprint density at radius 3 is 2.95 bits per heavy atom. The van der Waals surface area contributed by atoms with Gasteiger partial charge in [0.1, 0.15) is 0 Å². The number of nitrogens with one attached hydrogen (secondary N) is 1. The highest BCUT2D eigenvalue weighted by Crippen LogP contribution is 2.28. The van der Waals surface area contributed by atoms with Crippen molar-refractivity contribution in [2.24, 2.45) is 5.92 Å². The topological polar surface area (TPSA) is 32.3 Å². The minimum atomic E-state index is 0.340. The Hall–Kier alpha value is -1.35. The Labute approximate surface area is 121 Å². The first kappa shape index (κ1) is 13.6. The van der Waals surface area contributed by atoms with E-state index in [0.29, 0.717) is 17.9 Å². The summed E-state index contributed by atoms with van der Waals surface area (Å²) < 4.78 is 0. The first-order valence-corrected chi connectivity index (χ1v) is 7.81. The van der Waals surface area contributed by atoms with E-state index in [1.807, 2.05) is 0 Å². The molecular formula is C17H24N2O. The number of benzene rings is 1. The summed E-state index contributed by atoms with van der Waals surface area (Å²) in [5.74, 6) is 0.878. The molecule has 3 nitrogen and oxygen atoms in total. The van der Waals surface area contributed by atoms with Gasteiger partial charge in [-0.1, -0.05) is 24.3 Å². The van der Waals surface area contributed by atoms with Gasteiger partial charge in [-0.2, -0.15) is 0 Å². The highest BCUT2D eigenvalue weighted by molar-refractivity contribution is 5.77. The number of carbonyl (C=O) groups excluding carboxylic acids is 1. The Morgan fingerprint density at radius 2 is 2.15 bits per heavy atom. The molecule has 1 unspecified atom stereocenters. The van der Waals surface area contributed by atoms with Crippen molar-refractivity contribution in [1.82, 2.24) is 10.2 Å². The zero-order valence-electron chi connectivity index (χ0n) is 12.3. The van der Waals surface area contributed by atoms with Crippen molar-refractivity contribution >= 4 is 5.91 Å². The van der Waals surface area contributed by atoms with Gasteiger partial charge in [-0.15, -0.1) is 0 Å². The third-order valence-electron chi connectivity index (χ3n) is 4.73. The first-order valence-electron chi connectivity index (χ1n) is 7.81. The van der Waals surface area contributed by atoms with E-state index in [4.69, 9.17) is 0 Å². The number of aryl methyl sites for hydroxylation is 1. The molecule has 0 bridgehead atoms. The summed E-state index contributed by atoms with van der Waals surface area (Å²) in [5.41, 5.74) is 2.93. The second kappa shape index (κ2) is 5.96. The van der Waals surface area contributed by atoms with Gasteiger partial charge in [0.2, 0.25) is 5.91 Å². The largest absolute Gasteiger partial charge is 0.337 e. The summed E-state index contributed by atoms with van der Waals surface area (Å²) in [4.78, 5) is 14.6. The minimum absolute atomic E-state index is 0.340. The van der Waals surface area contributed by atoms with Crippen LogP contribution in [0, 0.1) is 5.92 Å². The molecule has 1 heterocycles. The molecule has 2 aliphatic rings. The molecule has 0 saturated carbocycles. The molecule has 1 amide bonds. The fraction of sp³-hybridized carbons (Fsp3) is 0.588. The molecule has 3 heteroatoms. The molecular weight excluding hydrogens is 248 g/mol. The third kappa shape index (κ3) is 2.88. The van der Waals surface area contributed by atoms with Crippen LogP contribution in [0.1, 0.15) is 30.9 Å².